The Morgan fingerprint density at radius 3 is 2.77 bits per heavy atom. The minimum atomic E-state index is -3.61. The Morgan fingerprint density at radius 2 is 2.09 bits per heavy atom. The van der Waals surface area contributed by atoms with E-state index < -0.39 is 15.6 Å². The van der Waals surface area contributed by atoms with Crippen LogP contribution in [0.15, 0.2) is 32.3 Å². The number of sulfone groups is 1. The first-order chi connectivity index (χ1) is 10.3. The van der Waals surface area contributed by atoms with Crippen molar-refractivity contribution >= 4 is 26.8 Å². The second-order valence-electron chi connectivity index (χ2n) is 4.98. The SMILES string of the molecule is CCCNC(=O)CCS(=O)(=O)c1ccc2c(c1)oc(=O)n2C. The summed E-state index contributed by atoms with van der Waals surface area (Å²) in [6.07, 6.45) is 0.696. The molecule has 0 atom stereocenters. The largest absolute Gasteiger partial charge is 0.419 e. The summed E-state index contributed by atoms with van der Waals surface area (Å²) in [5.41, 5.74) is 0.730. The number of nitrogens with one attached hydrogen (secondary N) is 1. The first kappa shape index (κ1) is 16.3. The Hall–Kier alpha value is -2.09. The molecule has 2 rings (SSSR count). The van der Waals surface area contributed by atoms with Gasteiger partial charge in [0.15, 0.2) is 15.4 Å². The molecule has 1 amide bonds. The number of hydrogen-bond donors (Lipinski definition) is 1. The van der Waals surface area contributed by atoms with Gasteiger partial charge in [-0.05, 0) is 18.6 Å². The fraction of sp³-hybridized carbons (Fsp3) is 0.429. The number of benzene rings is 1. The van der Waals surface area contributed by atoms with Gasteiger partial charge < -0.3 is 9.73 Å². The van der Waals surface area contributed by atoms with Crippen LogP contribution >= 0.6 is 0 Å². The highest BCUT2D eigenvalue weighted by atomic mass is 32.2. The molecule has 0 radical (unpaired) electrons. The number of rotatable bonds is 6. The molecule has 2 aromatic rings. The van der Waals surface area contributed by atoms with E-state index in [1.807, 2.05) is 6.92 Å². The molecule has 0 bridgehead atoms. The molecular formula is C14H18N2O5S. The van der Waals surface area contributed by atoms with Crippen molar-refractivity contribution in [3.63, 3.8) is 0 Å². The van der Waals surface area contributed by atoms with E-state index in [9.17, 15) is 18.0 Å². The van der Waals surface area contributed by atoms with Gasteiger partial charge in [-0.25, -0.2) is 13.2 Å². The second-order valence-corrected chi connectivity index (χ2v) is 7.08. The molecule has 1 aromatic carbocycles. The van der Waals surface area contributed by atoms with E-state index in [4.69, 9.17) is 4.42 Å². The van der Waals surface area contributed by atoms with Crippen LogP contribution in [-0.4, -0.2) is 31.2 Å². The van der Waals surface area contributed by atoms with Gasteiger partial charge in [0, 0.05) is 26.1 Å². The Labute approximate surface area is 127 Å². The number of carbonyl (C=O) groups excluding carboxylic acids is 1. The van der Waals surface area contributed by atoms with Gasteiger partial charge in [-0.2, -0.15) is 0 Å². The second kappa shape index (κ2) is 6.35. The van der Waals surface area contributed by atoms with Crippen LogP contribution in [0.1, 0.15) is 19.8 Å². The third-order valence-electron chi connectivity index (χ3n) is 3.29. The van der Waals surface area contributed by atoms with Crippen LogP contribution in [0.25, 0.3) is 11.1 Å². The summed E-state index contributed by atoms with van der Waals surface area (Å²) in [6.45, 7) is 2.44. The quantitative estimate of drug-likeness (QED) is 0.847. The van der Waals surface area contributed by atoms with Gasteiger partial charge in [0.1, 0.15) is 0 Å². The summed E-state index contributed by atoms with van der Waals surface area (Å²) in [5, 5.41) is 2.63. The van der Waals surface area contributed by atoms with Gasteiger partial charge in [0.25, 0.3) is 0 Å². The average molecular weight is 326 g/mol. The van der Waals surface area contributed by atoms with Gasteiger partial charge in [0.2, 0.25) is 5.91 Å². The van der Waals surface area contributed by atoms with E-state index in [1.165, 1.54) is 22.8 Å². The number of nitrogens with zero attached hydrogens (tertiary/aromatic N) is 1. The smallest absolute Gasteiger partial charge is 0.408 e. The molecule has 0 saturated heterocycles. The lowest BCUT2D eigenvalue weighted by atomic mass is 10.3. The van der Waals surface area contributed by atoms with E-state index in [1.54, 1.807) is 7.05 Å². The van der Waals surface area contributed by atoms with Gasteiger partial charge in [-0.3, -0.25) is 9.36 Å². The molecule has 1 N–H and O–H groups in total. The van der Waals surface area contributed by atoms with E-state index in [0.29, 0.717) is 12.1 Å². The molecule has 1 heterocycles. The predicted octanol–water partition coefficient (Wildman–Crippen LogP) is 0.821. The Balaban J connectivity index is 2.19. The maximum Gasteiger partial charge on any atom is 0.419 e. The molecule has 1 aromatic heterocycles. The van der Waals surface area contributed by atoms with Gasteiger partial charge in [-0.1, -0.05) is 6.92 Å². The average Bonchev–Trinajstić information content (AvgIpc) is 2.77. The summed E-state index contributed by atoms with van der Waals surface area (Å²) in [6, 6.07) is 4.25. The predicted molar refractivity (Wildman–Crippen MR) is 81.4 cm³/mol. The number of aromatic nitrogens is 1. The molecule has 120 valence electrons. The van der Waals surface area contributed by atoms with Crippen molar-refractivity contribution < 1.29 is 17.6 Å². The molecule has 0 saturated carbocycles. The highest BCUT2D eigenvalue weighted by Gasteiger charge is 2.18. The maximum absolute atomic E-state index is 12.2. The van der Waals surface area contributed by atoms with Crippen LogP contribution in [0.5, 0.6) is 0 Å². The summed E-state index contributed by atoms with van der Waals surface area (Å²) in [7, 11) is -2.07. The molecule has 0 aliphatic carbocycles. The van der Waals surface area contributed by atoms with Crippen LogP contribution in [-0.2, 0) is 21.7 Å². The molecule has 0 aliphatic heterocycles. The first-order valence-electron chi connectivity index (χ1n) is 6.94. The van der Waals surface area contributed by atoms with Crippen molar-refractivity contribution in [1.29, 1.82) is 0 Å². The van der Waals surface area contributed by atoms with Crippen molar-refractivity contribution in [3.05, 3.63) is 28.7 Å². The lowest BCUT2D eigenvalue weighted by Gasteiger charge is -2.05. The Morgan fingerprint density at radius 1 is 1.36 bits per heavy atom. The third kappa shape index (κ3) is 3.38. The number of amides is 1. The summed E-state index contributed by atoms with van der Waals surface area (Å²) in [4.78, 5) is 22.9. The van der Waals surface area contributed by atoms with Crippen LogP contribution in [0.3, 0.4) is 0 Å². The molecule has 0 unspecified atom stereocenters. The zero-order valence-electron chi connectivity index (χ0n) is 12.5. The molecule has 22 heavy (non-hydrogen) atoms. The highest BCUT2D eigenvalue weighted by Crippen LogP contribution is 2.19. The summed E-state index contributed by atoms with van der Waals surface area (Å²) in [5.74, 6) is -1.13. The Bertz CT molecular complexity index is 848. The number of aryl methyl sites for hydroxylation is 1. The molecule has 7 nitrogen and oxygen atoms in total. The fourth-order valence-electron chi connectivity index (χ4n) is 2.01. The standard InChI is InChI=1S/C14H18N2O5S/c1-3-7-15-13(17)6-8-22(19,20)10-4-5-11-12(9-10)21-14(18)16(11)2/h4-5,9H,3,6-8H2,1-2H3,(H,15,17). The van der Waals surface area contributed by atoms with E-state index in [2.05, 4.69) is 5.32 Å². The molecule has 0 spiro atoms. The topological polar surface area (TPSA) is 98.4 Å². The number of carbonyl (C=O) groups is 1. The van der Waals surface area contributed by atoms with Crippen molar-refractivity contribution in [1.82, 2.24) is 9.88 Å². The minimum absolute atomic E-state index is 0.0395. The lowest BCUT2D eigenvalue weighted by Crippen LogP contribution is -2.26. The summed E-state index contributed by atoms with van der Waals surface area (Å²) < 4.78 is 30.8. The number of fused-ring (bicyclic) bond motifs is 1. The van der Waals surface area contributed by atoms with Gasteiger partial charge >= 0.3 is 5.76 Å². The van der Waals surface area contributed by atoms with Crippen molar-refractivity contribution in [3.8, 4) is 0 Å². The fourth-order valence-corrected chi connectivity index (χ4v) is 3.26. The molecular weight excluding hydrogens is 308 g/mol. The zero-order chi connectivity index (χ0) is 16.3. The minimum Gasteiger partial charge on any atom is -0.408 e. The van der Waals surface area contributed by atoms with Gasteiger partial charge in [-0.15, -0.1) is 0 Å². The monoisotopic (exact) mass is 326 g/mol. The van der Waals surface area contributed by atoms with E-state index in [0.717, 1.165) is 6.42 Å². The molecule has 0 fully saturated rings. The normalized spacial score (nSPS) is 11.7. The van der Waals surface area contributed by atoms with Crippen LogP contribution in [0.4, 0.5) is 0 Å². The van der Waals surface area contributed by atoms with Crippen LogP contribution in [0.2, 0.25) is 0 Å². The van der Waals surface area contributed by atoms with E-state index in [-0.39, 0.29) is 28.6 Å². The van der Waals surface area contributed by atoms with Crippen molar-refractivity contribution in [2.75, 3.05) is 12.3 Å². The maximum atomic E-state index is 12.2. The van der Waals surface area contributed by atoms with Crippen LogP contribution in [0, 0.1) is 0 Å². The van der Waals surface area contributed by atoms with E-state index >= 15 is 0 Å². The van der Waals surface area contributed by atoms with Crippen molar-refractivity contribution in [2.24, 2.45) is 7.05 Å². The van der Waals surface area contributed by atoms with Crippen molar-refractivity contribution in [2.45, 2.75) is 24.7 Å². The molecule has 0 aliphatic rings. The highest BCUT2D eigenvalue weighted by molar-refractivity contribution is 7.91. The lowest BCUT2D eigenvalue weighted by molar-refractivity contribution is -0.120. The zero-order valence-corrected chi connectivity index (χ0v) is 13.3. The number of hydrogen-bond acceptors (Lipinski definition) is 5. The Kier molecular flexibility index (Phi) is 4.70. The summed E-state index contributed by atoms with van der Waals surface area (Å²) >= 11 is 0. The first-order valence-corrected chi connectivity index (χ1v) is 8.59. The number of oxazole rings is 1. The molecule has 8 heteroatoms. The third-order valence-corrected chi connectivity index (χ3v) is 5.01. The van der Waals surface area contributed by atoms with Gasteiger partial charge in [0.05, 0.1) is 16.2 Å². The van der Waals surface area contributed by atoms with Crippen LogP contribution < -0.4 is 11.1 Å².